The van der Waals surface area contributed by atoms with E-state index in [1.807, 2.05) is 49.4 Å². The summed E-state index contributed by atoms with van der Waals surface area (Å²) in [7, 11) is 0. The summed E-state index contributed by atoms with van der Waals surface area (Å²) in [5, 5.41) is 6.21. The average Bonchev–Trinajstić information content (AvgIpc) is 2.95. The Bertz CT molecular complexity index is 1300. The number of carbonyl (C=O) groups excluding carboxylic acids is 2. The van der Waals surface area contributed by atoms with E-state index in [0.29, 0.717) is 37.3 Å². The molecule has 2 N–H and O–H groups in total. The first kappa shape index (κ1) is 27.7. The predicted octanol–water partition coefficient (Wildman–Crippen LogP) is 4.28. The third-order valence-corrected chi connectivity index (χ3v) is 7.53. The van der Waals surface area contributed by atoms with Gasteiger partial charge in [-0.2, -0.15) is 0 Å². The summed E-state index contributed by atoms with van der Waals surface area (Å²) < 4.78 is 5.58. The molecule has 0 spiro atoms. The van der Waals surface area contributed by atoms with Crippen LogP contribution < -0.4 is 15.4 Å². The van der Waals surface area contributed by atoms with E-state index in [2.05, 4.69) is 32.4 Å². The number of carbonyl (C=O) groups is 2. The number of aryl methyl sites for hydroxylation is 1. The minimum atomic E-state index is -0.442. The van der Waals surface area contributed by atoms with Gasteiger partial charge >= 0.3 is 6.09 Å². The normalized spacial score (nSPS) is 19.7. The van der Waals surface area contributed by atoms with Gasteiger partial charge in [0.2, 0.25) is 5.88 Å². The van der Waals surface area contributed by atoms with Crippen molar-refractivity contribution in [2.45, 2.75) is 45.7 Å². The number of piperazine rings is 1. The Morgan fingerprint density at radius 1 is 1.10 bits per heavy atom. The Kier molecular flexibility index (Phi) is 9.03. The molecule has 4 heterocycles. The summed E-state index contributed by atoms with van der Waals surface area (Å²) in [6.45, 7) is 9.34. The number of benzene rings is 1. The molecule has 0 radical (unpaired) electrons. The van der Waals surface area contributed by atoms with E-state index in [4.69, 9.17) is 4.74 Å². The maximum Gasteiger partial charge on any atom is 0.416 e. The van der Waals surface area contributed by atoms with Crippen molar-refractivity contribution in [3.05, 3.63) is 83.3 Å². The highest BCUT2D eigenvalue weighted by Crippen LogP contribution is 2.19. The summed E-state index contributed by atoms with van der Waals surface area (Å²) in [6, 6.07) is 16.9. The van der Waals surface area contributed by atoms with E-state index in [1.54, 1.807) is 17.0 Å². The van der Waals surface area contributed by atoms with Gasteiger partial charge < -0.3 is 20.3 Å². The lowest BCUT2D eigenvalue weighted by molar-refractivity contribution is 0.102. The van der Waals surface area contributed by atoms with E-state index in [0.717, 1.165) is 36.9 Å². The Morgan fingerprint density at radius 2 is 1.95 bits per heavy atom. The molecule has 2 aliphatic heterocycles. The van der Waals surface area contributed by atoms with Crippen LogP contribution >= 0.6 is 0 Å². The summed E-state index contributed by atoms with van der Waals surface area (Å²) in [5.74, 6) is 0.714. The van der Waals surface area contributed by atoms with Crippen molar-refractivity contribution in [2.24, 2.45) is 5.92 Å². The van der Waals surface area contributed by atoms with E-state index < -0.39 is 6.09 Å². The number of hydrogen-bond acceptors (Lipinski definition) is 7. The lowest BCUT2D eigenvalue weighted by atomic mass is 9.99. The highest BCUT2D eigenvalue weighted by atomic mass is 16.6. The first-order valence-corrected chi connectivity index (χ1v) is 14.1. The zero-order chi connectivity index (χ0) is 27.9. The molecule has 2 atom stereocenters. The van der Waals surface area contributed by atoms with Crippen LogP contribution in [0.5, 0.6) is 5.88 Å². The molecule has 2 unspecified atom stereocenters. The molecule has 1 aromatic carbocycles. The fourth-order valence-electron chi connectivity index (χ4n) is 5.45. The number of hydrogen-bond donors (Lipinski definition) is 2. The zero-order valence-corrected chi connectivity index (χ0v) is 23.3. The second kappa shape index (κ2) is 13.0. The molecule has 2 amide bonds. The van der Waals surface area contributed by atoms with Gasteiger partial charge in [0.25, 0.3) is 5.91 Å². The molecule has 40 heavy (non-hydrogen) atoms. The van der Waals surface area contributed by atoms with Gasteiger partial charge in [0.15, 0.2) is 0 Å². The number of ether oxygens (including phenoxy) is 1. The quantitative estimate of drug-likeness (QED) is 0.460. The molecule has 5 rings (SSSR count). The van der Waals surface area contributed by atoms with Gasteiger partial charge in [-0.1, -0.05) is 25.1 Å². The number of amides is 2. The molecule has 2 saturated heterocycles. The van der Waals surface area contributed by atoms with Gasteiger partial charge in [0, 0.05) is 62.2 Å². The van der Waals surface area contributed by atoms with Gasteiger partial charge in [-0.3, -0.25) is 14.7 Å². The third-order valence-electron chi connectivity index (χ3n) is 7.53. The van der Waals surface area contributed by atoms with Crippen LogP contribution in [-0.2, 0) is 13.0 Å². The molecule has 2 aliphatic rings. The number of anilines is 1. The summed E-state index contributed by atoms with van der Waals surface area (Å²) in [5.41, 5.74) is 4.21. The highest BCUT2D eigenvalue weighted by Gasteiger charge is 2.29. The average molecular weight is 543 g/mol. The van der Waals surface area contributed by atoms with Gasteiger partial charge in [-0.05, 0) is 68.1 Å². The van der Waals surface area contributed by atoms with Crippen LogP contribution in [0.2, 0.25) is 0 Å². The van der Waals surface area contributed by atoms with E-state index in [-0.39, 0.29) is 17.8 Å². The minimum Gasteiger partial charge on any atom is -0.391 e. The molecule has 9 heteroatoms. The molecule has 0 saturated carbocycles. The molecule has 210 valence electrons. The van der Waals surface area contributed by atoms with Crippen molar-refractivity contribution in [3.8, 4) is 5.88 Å². The van der Waals surface area contributed by atoms with Crippen molar-refractivity contribution in [1.29, 1.82) is 0 Å². The van der Waals surface area contributed by atoms with Crippen LogP contribution in [0.25, 0.3) is 0 Å². The maximum absolute atomic E-state index is 13.0. The zero-order valence-electron chi connectivity index (χ0n) is 23.3. The van der Waals surface area contributed by atoms with Gasteiger partial charge in [-0.15, -0.1) is 0 Å². The highest BCUT2D eigenvalue weighted by molar-refractivity contribution is 6.04. The Hall–Kier alpha value is -3.82. The minimum absolute atomic E-state index is 0.0658. The van der Waals surface area contributed by atoms with Crippen LogP contribution in [0.15, 0.2) is 60.8 Å². The van der Waals surface area contributed by atoms with Crippen LogP contribution in [0, 0.1) is 12.8 Å². The lowest BCUT2D eigenvalue weighted by Gasteiger charge is -2.35. The molecule has 3 aromatic rings. The van der Waals surface area contributed by atoms with Crippen LogP contribution in [0.3, 0.4) is 0 Å². The number of nitrogens with zero attached hydrogens (tertiary/aromatic N) is 4. The summed E-state index contributed by atoms with van der Waals surface area (Å²) in [4.78, 5) is 38.8. The van der Waals surface area contributed by atoms with E-state index in [9.17, 15) is 9.59 Å². The predicted molar refractivity (Wildman–Crippen MR) is 154 cm³/mol. The molecule has 9 nitrogen and oxygen atoms in total. The first-order chi connectivity index (χ1) is 19.4. The number of aromatic nitrogens is 2. The summed E-state index contributed by atoms with van der Waals surface area (Å²) in [6.07, 6.45) is 4.24. The van der Waals surface area contributed by atoms with Crippen molar-refractivity contribution in [3.63, 3.8) is 0 Å². The number of likely N-dealkylation sites (tertiary alicyclic amines) is 1. The number of nitrogens with one attached hydrogen (secondary N) is 2. The molecular formula is C31H38N6O3. The topological polar surface area (TPSA) is 99.7 Å². The van der Waals surface area contributed by atoms with Gasteiger partial charge in [-0.25, -0.2) is 9.78 Å². The third kappa shape index (κ3) is 7.43. The van der Waals surface area contributed by atoms with E-state index >= 15 is 0 Å². The SMILES string of the molecule is Cc1cccc(CC2CNCCN2C(=O)Oc2ccc(NC(=O)c3ccc(CN4CCCC(C)C4)cc3)cn2)n1. The molecule has 0 bridgehead atoms. The number of pyridine rings is 2. The molecule has 2 aromatic heterocycles. The van der Waals surface area contributed by atoms with Gasteiger partial charge in [0.1, 0.15) is 0 Å². The Balaban J connectivity index is 1.13. The summed E-state index contributed by atoms with van der Waals surface area (Å²) >= 11 is 0. The number of piperidine rings is 1. The van der Waals surface area contributed by atoms with Gasteiger partial charge in [0.05, 0.1) is 17.9 Å². The smallest absolute Gasteiger partial charge is 0.391 e. The first-order valence-electron chi connectivity index (χ1n) is 14.1. The number of rotatable bonds is 7. The van der Waals surface area contributed by atoms with Crippen LogP contribution in [0.4, 0.5) is 10.5 Å². The molecule has 2 fully saturated rings. The lowest BCUT2D eigenvalue weighted by Crippen LogP contribution is -2.55. The largest absolute Gasteiger partial charge is 0.416 e. The second-order valence-electron chi connectivity index (χ2n) is 10.9. The van der Waals surface area contributed by atoms with Crippen LogP contribution in [0.1, 0.15) is 47.1 Å². The fraction of sp³-hybridized carbons (Fsp3) is 0.419. The Labute approximate surface area is 236 Å². The van der Waals surface area contributed by atoms with Crippen molar-refractivity contribution in [1.82, 2.24) is 25.1 Å². The maximum atomic E-state index is 13.0. The van der Waals surface area contributed by atoms with Crippen molar-refractivity contribution in [2.75, 3.05) is 38.0 Å². The monoisotopic (exact) mass is 542 g/mol. The van der Waals surface area contributed by atoms with Crippen LogP contribution in [-0.4, -0.2) is 70.5 Å². The van der Waals surface area contributed by atoms with E-state index in [1.165, 1.54) is 24.6 Å². The fourth-order valence-corrected chi connectivity index (χ4v) is 5.45. The van der Waals surface area contributed by atoms with Crippen molar-refractivity contribution < 1.29 is 14.3 Å². The molecular weight excluding hydrogens is 504 g/mol. The Morgan fingerprint density at radius 3 is 2.70 bits per heavy atom. The second-order valence-corrected chi connectivity index (χ2v) is 10.9. The van der Waals surface area contributed by atoms with Crippen molar-refractivity contribution >= 4 is 17.7 Å². The molecule has 0 aliphatic carbocycles. The standard InChI is InChI=1S/C31H38N6O3/c1-22-5-4-15-36(20-22)21-24-8-10-25(11-9-24)30(38)35-27-12-13-29(33-18-27)40-31(39)37-16-14-32-19-28(37)17-26-7-3-6-23(2)34-26/h3,6-13,18,22,28,32H,4-5,14-17,19-21H2,1-2H3,(H,35,38).